The van der Waals surface area contributed by atoms with Gasteiger partial charge in [-0.2, -0.15) is 0 Å². The number of aromatic nitrogens is 1. The van der Waals surface area contributed by atoms with E-state index >= 15 is 0 Å². The predicted octanol–water partition coefficient (Wildman–Crippen LogP) is 1.68. The molecule has 0 unspecified atom stereocenters. The summed E-state index contributed by atoms with van der Waals surface area (Å²) in [5.74, 6) is 0.814. The van der Waals surface area contributed by atoms with Crippen LogP contribution in [0.25, 0.3) is 0 Å². The van der Waals surface area contributed by atoms with E-state index < -0.39 is 5.60 Å². The fourth-order valence-electron chi connectivity index (χ4n) is 1.73. The Morgan fingerprint density at radius 3 is 2.71 bits per heavy atom. The number of aliphatic hydroxyl groups is 1. The Kier molecular flexibility index (Phi) is 4.90. The highest BCUT2D eigenvalue weighted by Gasteiger charge is 2.17. The highest BCUT2D eigenvalue weighted by molar-refractivity contribution is 5.22. The van der Waals surface area contributed by atoms with E-state index in [1.807, 2.05) is 26.0 Å². The maximum absolute atomic E-state index is 9.81. The van der Waals surface area contributed by atoms with Crippen molar-refractivity contribution in [2.75, 3.05) is 20.2 Å². The Balaban J connectivity index is 2.67. The minimum atomic E-state index is -0.686. The molecule has 96 valence electrons. The van der Waals surface area contributed by atoms with Crippen LogP contribution in [0, 0.1) is 0 Å². The van der Waals surface area contributed by atoms with Crippen molar-refractivity contribution in [1.29, 1.82) is 0 Å². The lowest BCUT2D eigenvalue weighted by Crippen LogP contribution is -2.38. The minimum Gasteiger partial charge on any atom is -0.497 e. The topological polar surface area (TPSA) is 45.6 Å². The van der Waals surface area contributed by atoms with E-state index in [9.17, 15) is 5.11 Å². The maximum Gasteiger partial charge on any atom is 0.122 e. The molecule has 0 aliphatic carbocycles. The first-order valence-corrected chi connectivity index (χ1v) is 5.88. The zero-order chi connectivity index (χ0) is 12.9. The first-order valence-electron chi connectivity index (χ1n) is 5.88. The number of rotatable bonds is 6. The highest BCUT2D eigenvalue weighted by Crippen LogP contribution is 2.13. The fraction of sp³-hybridized carbons (Fsp3) is 0.615. The van der Waals surface area contributed by atoms with Gasteiger partial charge in [-0.05, 0) is 26.5 Å². The van der Waals surface area contributed by atoms with Crippen molar-refractivity contribution in [3.63, 3.8) is 0 Å². The molecule has 0 aromatic carbocycles. The molecule has 4 heteroatoms. The number of methoxy groups -OCH3 is 1. The predicted molar refractivity (Wildman–Crippen MR) is 68.0 cm³/mol. The zero-order valence-electron chi connectivity index (χ0n) is 11.1. The average Bonchev–Trinajstić information content (AvgIpc) is 2.26. The second kappa shape index (κ2) is 5.98. The van der Waals surface area contributed by atoms with Gasteiger partial charge in [-0.3, -0.25) is 9.88 Å². The van der Waals surface area contributed by atoms with E-state index in [0.29, 0.717) is 6.54 Å². The molecule has 0 bridgehead atoms. The second-order valence-corrected chi connectivity index (χ2v) is 4.80. The van der Waals surface area contributed by atoms with Crippen molar-refractivity contribution in [3.05, 3.63) is 24.0 Å². The molecule has 1 aromatic heterocycles. The highest BCUT2D eigenvalue weighted by atomic mass is 16.5. The van der Waals surface area contributed by atoms with Crippen LogP contribution < -0.4 is 4.74 Å². The average molecular weight is 238 g/mol. The van der Waals surface area contributed by atoms with Crippen molar-refractivity contribution in [1.82, 2.24) is 9.88 Å². The first kappa shape index (κ1) is 13.9. The number of nitrogens with zero attached hydrogens (tertiary/aromatic N) is 2. The summed E-state index contributed by atoms with van der Waals surface area (Å²) in [6.45, 7) is 7.93. The number of hydrogen-bond acceptors (Lipinski definition) is 4. The molecule has 0 saturated carbocycles. The van der Waals surface area contributed by atoms with E-state index in [1.165, 1.54) is 0 Å². The van der Waals surface area contributed by atoms with Crippen molar-refractivity contribution < 1.29 is 9.84 Å². The lowest BCUT2D eigenvalue weighted by molar-refractivity contribution is 0.0349. The largest absolute Gasteiger partial charge is 0.497 e. The van der Waals surface area contributed by atoms with Gasteiger partial charge in [0.15, 0.2) is 0 Å². The SMILES string of the molecule is CCN(Cc1cc(OC)ccn1)CC(C)(C)O. The summed E-state index contributed by atoms with van der Waals surface area (Å²) in [6, 6.07) is 3.75. The minimum absolute atomic E-state index is 0.627. The van der Waals surface area contributed by atoms with Gasteiger partial charge in [0, 0.05) is 25.4 Å². The number of ether oxygens (including phenoxy) is 1. The molecule has 1 rings (SSSR count). The second-order valence-electron chi connectivity index (χ2n) is 4.80. The van der Waals surface area contributed by atoms with Crippen LogP contribution in [-0.2, 0) is 6.54 Å². The molecule has 0 amide bonds. The molecular weight excluding hydrogens is 216 g/mol. The van der Waals surface area contributed by atoms with Crippen LogP contribution in [0.4, 0.5) is 0 Å². The lowest BCUT2D eigenvalue weighted by Gasteiger charge is -2.27. The molecule has 0 aliphatic rings. The van der Waals surface area contributed by atoms with Crippen LogP contribution in [0.2, 0.25) is 0 Å². The molecule has 1 aromatic rings. The van der Waals surface area contributed by atoms with Gasteiger partial charge in [-0.25, -0.2) is 0 Å². The molecule has 4 nitrogen and oxygen atoms in total. The molecule has 1 N–H and O–H groups in total. The number of hydrogen-bond donors (Lipinski definition) is 1. The third-order valence-electron chi connectivity index (χ3n) is 2.47. The van der Waals surface area contributed by atoms with Gasteiger partial charge in [-0.1, -0.05) is 6.92 Å². The fourth-order valence-corrected chi connectivity index (χ4v) is 1.73. The van der Waals surface area contributed by atoms with Gasteiger partial charge in [0.2, 0.25) is 0 Å². The third kappa shape index (κ3) is 5.15. The molecule has 0 spiro atoms. The van der Waals surface area contributed by atoms with Crippen molar-refractivity contribution in [2.24, 2.45) is 0 Å². The number of likely N-dealkylation sites (N-methyl/N-ethyl adjacent to an activating group) is 1. The Labute approximate surface area is 103 Å². The smallest absolute Gasteiger partial charge is 0.122 e. The molecule has 0 saturated heterocycles. The lowest BCUT2D eigenvalue weighted by atomic mass is 10.1. The van der Waals surface area contributed by atoms with Gasteiger partial charge in [-0.15, -0.1) is 0 Å². The third-order valence-corrected chi connectivity index (χ3v) is 2.47. The summed E-state index contributed by atoms with van der Waals surface area (Å²) in [6.07, 6.45) is 1.74. The van der Waals surface area contributed by atoms with Crippen LogP contribution in [0.5, 0.6) is 5.75 Å². The summed E-state index contributed by atoms with van der Waals surface area (Å²) in [5, 5.41) is 9.81. The monoisotopic (exact) mass is 238 g/mol. The van der Waals surface area contributed by atoms with Crippen molar-refractivity contribution in [3.8, 4) is 5.75 Å². The van der Waals surface area contributed by atoms with Crippen LogP contribution in [0.3, 0.4) is 0 Å². The van der Waals surface area contributed by atoms with Gasteiger partial charge in [0.25, 0.3) is 0 Å². The van der Waals surface area contributed by atoms with E-state index in [2.05, 4.69) is 16.8 Å². The normalized spacial score (nSPS) is 11.9. The van der Waals surface area contributed by atoms with Crippen LogP contribution in [0.1, 0.15) is 26.5 Å². The molecule has 17 heavy (non-hydrogen) atoms. The Hall–Kier alpha value is -1.13. The molecule has 1 heterocycles. The van der Waals surface area contributed by atoms with Crippen molar-refractivity contribution in [2.45, 2.75) is 32.9 Å². The molecular formula is C13H22N2O2. The maximum atomic E-state index is 9.81. The molecule has 0 radical (unpaired) electrons. The quantitative estimate of drug-likeness (QED) is 0.819. The van der Waals surface area contributed by atoms with E-state index in [-0.39, 0.29) is 0 Å². The van der Waals surface area contributed by atoms with Gasteiger partial charge < -0.3 is 9.84 Å². The van der Waals surface area contributed by atoms with Gasteiger partial charge in [0.1, 0.15) is 5.75 Å². The summed E-state index contributed by atoms with van der Waals surface area (Å²) in [5.41, 5.74) is 0.268. The Morgan fingerprint density at radius 2 is 2.18 bits per heavy atom. The summed E-state index contributed by atoms with van der Waals surface area (Å²) >= 11 is 0. The molecule has 0 fully saturated rings. The van der Waals surface area contributed by atoms with E-state index in [1.54, 1.807) is 13.3 Å². The summed E-state index contributed by atoms with van der Waals surface area (Å²) < 4.78 is 5.16. The standard InChI is InChI=1S/C13H22N2O2/c1-5-15(10-13(2,3)16)9-11-8-12(17-4)6-7-14-11/h6-8,16H,5,9-10H2,1-4H3. The zero-order valence-corrected chi connectivity index (χ0v) is 11.1. The van der Waals surface area contributed by atoms with Crippen molar-refractivity contribution >= 4 is 0 Å². The van der Waals surface area contributed by atoms with Gasteiger partial charge in [0.05, 0.1) is 18.4 Å². The Bertz CT molecular complexity index is 348. The van der Waals surface area contributed by atoms with Gasteiger partial charge >= 0.3 is 0 Å². The van der Waals surface area contributed by atoms with Crippen LogP contribution >= 0.6 is 0 Å². The van der Waals surface area contributed by atoms with E-state index in [4.69, 9.17) is 4.74 Å². The van der Waals surface area contributed by atoms with Crippen LogP contribution in [0.15, 0.2) is 18.3 Å². The van der Waals surface area contributed by atoms with E-state index in [0.717, 1.165) is 24.5 Å². The van der Waals surface area contributed by atoms with Crippen LogP contribution in [-0.4, -0.2) is 40.8 Å². The molecule has 0 atom stereocenters. The number of pyridine rings is 1. The molecule has 0 aliphatic heterocycles. The first-order chi connectivity index (χ1) is 7.94. The summed E-state index contributed by atoms with van der Waals surface area (Å²) in [7, 11) is 1.65. The summed E-state index contributed by atoms with van der Waals surface area (Å²) in [4.78, 5) is 6.46. The Morgan fingerprint density at radius 1 is 1.47 bits per heavy atom.